The van der Waals surface area contributed by atoms with Gasteiger partial charge >= 0.3 is 5.97 Å². The van der Waals surface area contributed by atoms with E-state index in [1.807, 2.05) is 29.2 Å². The highest BCUT2D eigenvalue weighted by Crippen LogP contribution is 2.37. The summed E-state index contributed by atoms with van der Waals surface area (Å²) in [6, 6.07) is 14.7. The third-order valence-corrected chi connectivity index (χ3v) is 6.66. The number of methoxy groups -OCH3 is 3. The smallest absolute Gasteiger partial charge is 0.327 e. The molecule has 34 heavy (non-hydrogen) atoms. The third-order valence-electron chi connectivity index (χ3n) is 6.66. The second-order valence-corrected chi connectivity index (χ2v) is 8.58. The number of benzene rings is 2. The zero-order chi connectivity index (χ0) is 24.1. The number of ether oxygens (including phenoxy) is 3. The summed E-state index contributed by atoms with van der Waals surface area (Å²) in [4.78, 5) is 28.2. The van der Waals surface area contributed by atoms with Gasteiger partial charge in [0.1, 0.15) is 12.2 Å². The lowest BCUT2D eigenvalue weighted by Crippen LogP contribution is -2.49. The first-order valence-electron chi connectivity index (χ1n) is 11.7. The lowest BCUT2D eigenvalue weighted by Gasteiger charge is -2.31. The fraction of sp³-hybridized carbons (Fsp3) is 0.407. The maximum Gasteiger partial charge on any atom is 0.327 e. The highest BCUT2D eigenvalue weighted by Gasteiger charge is 2.41. The molecule has 2 aliphatic rings. The van der Waals surface area contributed by atoms with Crippen LogP contribution in [-0.4, -0.2) is 50.8 Å². The zero-order valence-corrected chi connectivity index (χ0v) is 20.0. The van der Waals surface area contributed by atoms with Gasteiger partial charge in [0, 0.05) is 12.1 Å². The van der Waals surface area contributed by atoms with Gasteiger partial charge in [-0.25, -0.2) is 4.79 Å². The van der Waals surface area contributed by atoms with Gasteiger partial charge in [0.15, 0.2) is 11.5 Å². The summed E-state index contributed by atoms with van der Waals surface area (Å²) in [7, 11) is 4.50. The highest BCUT2D eigenvalue weighted by atomic mass is 16.5. The molecule has 0 saturated heterocycles. The van der Waals surface area contributed by atoms with Gasteiger partial charge in [-0.2, -0.15) is 0 Å². The van der Waals surface area contributed by atoms with Crippen LogP contribution in [0.5, 0.6) is 11.5 Å². The van der Waals surface area contributed by atoms with Crippen molar-refractivity contribution in [2.75, 3.05) is 27.9 Å². The fourth-order valence-electron chi connectivity index (χ4n) is 4.88. The minimum absolute atomic E-state index is 0.0686. The molecule has 2 atom stereocenters. The minimum Gasteiger partial charge on any atom is -0.493 e. The average molecular weight is 465 g/mol. The van der Waals surface area contributed by atoms with E-state index in [0.29, 0.717) is 23.6 Å². The maximum absolute atomic E-state index is 13.4. The SMILES string of the molecule is COC(=O)[C@@H](N[C@@H]1C2=C(CCCC2)C(=O)N1CCc1ccccc1)c1ccc(OC)c(OC)c1. The van der Waals surface area contributed by atoms with Gasteiger partial charge in [0.05, 0.1) is 21.3 Å². The Morgan fingerprint density at radius 3 is 2.47 bits per heavy atom. The Labute approximate surface area is 200 Å². The van der Waals surface area contributed by atoms with Crippen molar-refractivity contribution < 1.29 is 23.8 Å². The van der Waals surface area contributed by atoms with Gasteiger partial charge in [0.2, 0.25) is 0 Å². The largest absolute Gasteiger partial charge is 0.493 e. The molecule has 2 aromatic rings. The van der Waals surface area contributed by atoms with E-state index < -0.39 is 12.0 Å². The number of carbonyl (C=O) groups excluding carboxylic acids is 2. The third kappa shape index (κ3) is 4.80. The lowest BCUT2D eigenvalue weighted by molar-refractivity contribution is -0.144. The summed E-state index contributed by atoms with van der Waals surface area (Å²) in [6.45, 7) is 0.563. The Balaban J connectivity index is 1.64. The van der Waals surface area contributed by atoms with Crippen LogP contribution in [0.25, 0.3) is 0 Å². The summed E-state index contributed by atoms with van der Waals surface area (Å²) < 4.78 is 15.9. The van der Waals surface area contributed by atoms with E-state index in [-0.39, 0.29) is 12.1 Å². The molecule has 7 heteroatoms. The summed E-state index contributed by atoms with van der Waals surface area (Å²) in [5.41, 5.74) is 3.85. The number of esters is 1. The molecule has 2 aromatic carbocycles. The van der Waals surface area contributed by atoms with Gasteiger partial charge in [-0.3, -0.25) is 10.1 Å². The van der Waals surface area contributed by atoms with Crippen LogP contribution in [0.4, 0.5) is 0 Å². The normalized spacial score (nSPS) is 18.5. The van der Waals surface area contributed by atoms with Gasteiger partial charge in [-0.15, -0.1) is 0 Å². The van der Waals surface area contributed by atoms with Crippen LogP contribution >= 0.6 is 0 Å². The number of nitrogens with zero attached hydrogens (tertiary/aromatic N) is 1. The second-order valence-electron chi connectivity index (χ2n) is 8.58. The standard InChI is InChI=1S/C27H32N2O5/c1-32-22-14-13-19(17-23(22)33-2)24(27(31)34-3)28-25-20-11-7-8-12-21(20)26(30)29(25)16-15-18-9-5-4-6-10-18/h4-6,9-10,13-14,17,24-25,28H,7-8,11-12,15-16H2,1-3H3/t24-,25-/m0/s1. The maximum atomic E-state index is 13.4. The van der Waals surface area contributed by atoms with Crippen LogP contribution in [-0.2, 0) is 20.7 Å². The zero-order valence-electron chi connectivity index (χ0n) is 20.0. The number of rotatable bonds is 9. The van der Waals surface area contributed by atoms with E-state index in [2.05, 4.69) is 17.4 Å². The predicted molar refractivity (Wildman–Crippen MR) is 129 cm³/mol. The number of hydrogen-bond donors (Lipinski definition) is 1. The molecule has 0 fully saturated rings. The van der Waals surface area contributed by atoms with E-state index in [4.69, 9.17) is 14.2 Å². The first kappa shape index (κ1) is 23.8. The molecule has 180 valence electrons. The summed E-state index contributed by atoms with van der Waals surface area (Å²) in [6.07, 6.45) is 4.07. The van der Waals surface area contributed by atoms with Crippen LogP contribution in [0.15, 0.2) is 59.7 Å². The Kier molecular flexibility index (Phi) is 7.53. The molecular formula is C27H32N2O5. The minimum atomic E-state index is -0.768. The van der Waals surface area contributed by atoms with Crippen molar-refractivity contribution in [3.8, 4) is 11.5 Å². The van der Waals surface area contributed by atoms with Gasteiger partial charge in [-0.05, 0) is 60.9 Å². The van der Waals surface area contributed by atoms with Crippen LogP contribution in [0.3, 0.4) is 0 Å². The average Bonchev–Trinajstić information content (AvgIpc) is 3.16. The van der Waals surface area contributed by atoms with Gasteiger partial charge in [0.25, 0.3) is 5.91 Å². The van der Waals surface area contributed by atoms with Crippen molar-refractivity contribution in [3.05, 3.63) is 70.8 Å². The van der Waals surface area contributed by atoms with Crippen molar-refractivity contribution in [1.29, 1.82) is 0 Å². The molecule has 1 amide bonds. The Morgan fingerprint density at radius 1 is 1.03 bits per heavy atom. The monoisotopic (exact) mass is 464 g/mol. The molecule has 4 rings (SSSR count). The number of hydrogen-bond acceptors (Lipinski definition) is 6. The summed E-state index contributed by atoms with van der Waals surface area (Å²) in [5.74, 6) is 0.746. The second kappa shape index (κ2) is 10.7. The molecule has 1 heterocycles. The van der Waals surface area contributed by atoms with Gasteiger partial charge < -0.3 is 19.1 Å². The Hall–Kier alpha value is -3.32. The quantitative estimate of drug-likeness (QED) is 0.569. The highest BCUT2D eigenvalue weighted by molar-refractivity contribution is 5.98. The van der Waals surface area contributed by atoms with Crippen molar-refractivity contribution in [3.63, 3.8) is 0 Å². The summed E-state index contributed by atoms with van der Waals surface area (Å²) in [5, 5.41) is 3.46. The topological polar surface area (TPSA) is 77.1 Å². The Morgan fingerprint density at radius 2 is 1.76 bits per heavy atom. The predicted octanol–water partition coefficient (Wildman–Crippen LogP) is 3.79. The molecule has 0 spiro atoms. The van der Waals surface area contributed by atoms with Crippen molar-refractivity contribution in [1.82, 2.24) is 10.2 Å². The number of amides is 1. The molecule has 1 aliphatic carbocycles. The Bertz CT molecular complexity index is 1070. The van der Waals surface area contributed by atoms with E-state index in [1.54, 1.807) is 26.4 Å². The van der Waals surface area contributed by atoms with Crippen LogP contribution < -0.4 is 14.8 Å². The van der Waals surface area contributed by atoms with E-state index in [9.17, 15) is 9.59 Å². The molecule has 0 radical (unpaired) electrons. The molecule has 0 aromatic heterocycles. The van der Waals surface area contributed by atoms with Crippen LogP contribution in [0.1, 0.15) is 42.9 Å². The van der Waals surface area contributed by atoms with Crippen molar-refractivity contribution in [2.24, 2.45) is 0 Å². The van der Waals surface area contributed by atoms with Crippen LogP contribution in [0.2, 0.25) is 0 Å². The molecule has 0 saturated carbocycles. The van der Waals surface area contributed by atoms with E-state index in [0.717, 1.165) is 43.3 Å². The molecule has 0 unspecified atom stereocenters. The number of nitrogens with one attached hydrogen (secondary N) is 1. The molecular weight excluding hydrogens is 432 g/mol. The van der Waals surface area contributed by atoms with Gasteiger partial charge in [-0.1, -0.05) is 36.4 Å². The van der Waals surface area contributed by atoms with Crippen LogP contribution in [0, 0.1) is 0 Å². The van der Waals surface area contributed by atoms with Crippen molar-refractivity contribution >= 4 is 11.9 Å². The summed E-state index contributed by atoms with van der Waals surface area (Å²) >= 11 is 0. The first-order chi connectivity index (χ1) is 16.6. The number of carbonyl (C=O) groups is 2. The first-order valence-corrected chi connectivity index (χ1v) is 11.7. The lowest BCUT2D eigenvalue weighted by atomic mass is 9.92. The molecule has 0 bridgehead atoms. The molecule has 7 nitrogen and oxygen atoms in total. The van der Waals surface area contributed by atoms with Crippen molar-refractivity contribution in [2.45, 2.75) is 44.3 Å². The van der Waals surface area contributed by atoms with E-state index >= 15 is 0 Å². The fourth-order valence-corrected chi connectivity index (χ4v) is 4.88. The molecule has 1 aliphatic heterocycles. The molecule has 1 N–H and O–H groups in total. The van der Waals surface area contributed by atoms with E-state index in [1.165, 1.54) is 12.7 Å².